The van der Waals surface area contributed by atoms with Crippen molar-refractivity contribution < 1.29 is 9.59 Å². The van der Waals surface area contributed by atoms with Crippen molar-refractivity contribution >= 4 is 35.0 Å². The molecule has 0 aliphatic carbocycles. The van der Waals surface area contributed by atoms with Crippen LogP contribution in [-0.2, 0) is 22.4 Å². The van der Waals surface area contributed by atoms with Crippen molar-refractivity contribution in [2.24, 2.45) is 0 Å². The maximum atomic E-state index is 13.0. The zero-order valence-corrected chi connectivity index (χ0v) is 17.8. The molecule has 0 aliphatic heterocycles. The van der Waals surface area contributed by atoms with Gasteiger partial charge in [-0.05, 0) is 43.0 Å². The summed E-state index contributed by atoms with van der Waals surface area (Å²) in [6, 6.07) is 14.5. The molecule has 0 aliphatic rings. The Morgan fingerprint density at radius 3 is 2.39 bits per heavy atom. The van der Waals surface area contributed by atoms with Crippen LogP contribution in [0.5, 0.6) is 0 Å². The van der Waals surface area contributed by atoms with E-state index in [-0.39, 0.29) is 18.2 Å². The van der Waals surface area contributed by atoms with Crippen LogP contribution in [0.1, 0.15) is 31.4 Å². The number of rotatable bonds is 9. The quantitative estimate of drug-likeness (QED) is 0.647. The van der Waals surface area contributed by atoms with Crippen molar-refractivity contribution in [2.75, 3.05) is 13.1 Å². The summed E-state index contributed by atoms with van der Waals surface area (Å²) in [4.78, 5) is 27.1. The minimum atomic E-state index is -0.550. The van der Waals surface area contributed by atoms with Crippen LogP contribution in [0.25, 0.3) is 0 Å². The minimum Gasteiger partial charge on any atom is -0.354 e. The fourth-order valence-electron chi connectivity index (χ4n) is 2.89. The molecule has 1 N–H and O–H groups in total. The first-order valence-corrected chi connectivity index (χ1v) is 10.2. The van der Waals surface area contributed by atoms with Gasteiger partial charge in [0.25, 0.3) is 0 Å². The monoisotopic (exact) mass is 420 g/mol. The van der Waals surface area contributed by atoms with Gasteiger partial charge in [-0.2, -0.15) is 0 Å². The Bertz CT molecular complexity index is 796. The molecule has 1 atom stereocenters. The van der Waals surface area contributed by atoms with Gasteiger partial charge >= 0.3 is 0 Å². The number of halogens is 2. The van der Waals surface area contributed by atoms with Gasteiger partial charge in [0.2, 0.25) is 11.8 Å². The van der Waals surface area contributed by atoms with Crippen molar-refractivity contribution in [2.45, 2.75) is 39.2 Å². The summed E-state index contributed by atoms with van der Waals surface area (Å²) in [5, 5.41) is 3.74. The third-order valence-electron chi connectivity index (χ3n) is 4.54. The molecule has 0 saturated carbocycles. The molecular formula is C22H26Cl2N2O2. The molecule has 28 heavy (non-hydrogen) atoms. The summed E-state index contributed by atoms with van der Waals surface area (Å²) in [5.74, 6) is -0.258. The predicted molar refractivity (Wildman–Crippen MR) is 115 cm³/mol. The maximum Gasteiger partial charge on any atom is 0.242 e. The van der Waals surface area contributed by atoms with E-state index in [1.807, 2.05) is 37.3 Å². The lowest BCUT2D eigenvalue weighted by Gasteiger charge is -2.29. The fraction of sp³-hybridized carbons (Fsp3) is 0.364. The Labute approximate surface area is 176 Å². The molecule has 0 radical (unpaired) electrons. The number of nitrogens with zero attached hydrogens (tertiary/aromatic N) is 1. The van der Waals surface area contributed by atoms with E-state index in [9.17, 15) is 9.59 Å². The van der Waals surface area contributed by atoms with Crippen LogP contribution in [0.15, 0.2) is 48.5 Å². The van der Waals surface area contributed by atoms with Crippen LogP contribution in [0.4, 0.5) is 0 Å². The highest BCUT2D eigenvalue weighted by atomic mass is 35.5. The zero-order chi connectivity index (χ0) is 20.5. The van der Waals surface area contributed by atoms with E-state index in [2.05, 4.69) is 5.32 Å². The number of hydrogen-bond acceptors (Lipinski definition) is 2. The van der Waals surface area contributed by atoms with Crippen LogP contribution in [0, 0.1) is 0 Å². The molecule has 4 nitrogen and oxygen atoms in total. The highest BCUT2D eigenvalue weighted by Gasteiger charge is 2.25. The van der Waals surface area contributed by atoms with Gasteiger partial charge in [-0.1, -0.05) is 66.5 Å². The Morgan fingerprint density at radius 2 is 1.75 bits per heavy atom. The number of carbonyl (C=O) groups is 2. The summed E-state index contributed by atoms with van der Waals surface area (Å²) < 4.78 is 0. The molecule has 2 aromatic rings. The summed E-state index contributed by atoms with van der Waals surface area (Å²) in [6.45, 7) is 4.82. The average Bonchev–Trinajstić information content (AvgIpc) is 2.69. The summed E-state index contributed by atoms with van der Waals surface area (Å²) in [5.41, 5.74) is 1.89. The van der Waals surface area contributed by atoms with Crippen LogP contribution in [0.3, 0.4) is 0 Å². The number of benzene rings is 2. The lowest BCUT2D eigenvalue weighted by atomic mass is 10.1. The molecule has 0 spiro atoms. The van der Waals surface area contributed by atoms with Gasteiger partial charge in [0.05, 0.1) is 16.5 Å². The summed E-state index contributed by atoms with van der Waals surface area (Å²) in [7, 11) is 0. The Balaban J connectivity index is 2.13. The summed E-state index contributed by atoms with van der Waals surface area (Å²) in [6.07, 6.45) is 1.69. The number of hydrogen-bond donors (Lipinski definition) is 1. The van der Waals surface area contributed by atoms with Gasteiger partial charge < -0.3 is 10.2 Å². The van der Waals surface area contributed by atoms with E-state index in [0.29, 0.717) is 29.6 Å². The van der Waals surface area contributed by atoms with E-state index in [0.717, 1.165) is 17.5 Å². The second-order valence-corrected chi connectivity index (χ2v) is 7.53. The molecule has 0 heterocycles. The van der Waals surface area contributed by atoms with Gasteiger partial charge in [0.15, 0.2) is 0 Å². The molecule has 0 fully saturated rings. The van der Waals surface area contributed by atoms with E-state index in [4.69, 9.17) is 23.2 Å². The molecule has 150 valence electrons. The minimum absolute atomic E-state index is 0.117. The van der Waals surface area contributed by atoms with Crippen molar-refractivity contribution in [1.29, 1.82) is 0 Å². The second kappa shape index (κ2) is 11.1. The lowest BCUT2D eigenvalue weighted by Crippen LogP contribution is -2.49. The highest BCUT2D eigenvalue weighted by Crippen LogP contribution is 2.23. The first-order valence-electron chi connectivity index (χ1n) is 9.47. The number of amides is 2. The number of carbonyl (C=O) groups excluding carboxylic acids is 2. The highest BCUT2D eigenvalue weighted by molar-refractivity contribution is 6.42. The number of nitrogens with one attached hydrogen (secondary N) is 1. The third kappa shape index (κ3) is 6.54. The first kappa shape index (κ1) is 22.3. The average molecular weight is 421 g/mol. The molecule has 0 bridgehead atoms. The Morgan fingerprint density at radius 1 is 1.04 bits per heavy atom. The SMILES string of the molecule is CCCNC(=O)[C@H](C)N(CCc1ccccc1)C(=O)Cc1ccc(Cl)c(Cl)c1. The Hall–Kier alpha value is -2.04. The lowest BCUT2D eigenvalue weighted by molar-refractivity contribution is -0.139. The van der Waals surface area contributed by atoms with Crippen molar-refractivity contribution in [3.05, 3.63) is 69.7 Å². The molecule has 0 saturated heterocycles. The van der Waals surface area contributed by atoms with Crippen molar-refractivity contribution in [3.8, 4) is 0 Å². The van der Waals surface area contributed by atoms with Crippen LogP contribution < -0.4 is 5.32 Å². The normalized spacial score (nSPS) is 11.7. The topological polar surface area (TPSA) is 49.4 Å². The molecule has 6 heteroatoms. The van der Waals surface area contributed by atoms with Crippen LogP contribution >= 0.6 is 23.2 Å². The molecule has 2 rings (SSSR count). The molecule has 0 unspecified atom stereocenters. The molecule has 2 aromatic carbocycles. The van der Waals surface area contributed by atoms with Crippen LogP contribution in [-0.4, -0.2) is 35.8 Å². The van der Waals surface area contributed by atoms with E-state index in [1.165, 1.54) is 0 Å². The predicted octanol–water partition coefficient (Wildman–Crippen LogP) is 4.52. The molecular weight excluding hydrogens is 395 g/mol. The summed E-state index contributed by atoms with van der Waals surface area (Å²) >= 11 is 12.0. The van der Waals surface area contributed by atoms with Gasteiger partial charge in [-0.3, -0.25) is 9.59 Å². The standard InChI is InChI=1S/C22H26Cl2N2O2/c1-3-12-25-22(28)16(2)26(13-11-17-7-5-4-6-8-17)21(27)15-18-9-10-19(23)20(24)14-18/h4-10,14,16H,3,11-13,15H2,1-2H3,(H,25,28)/t16-/m0/s1. The van der Waals surface area contributed by atoms with Crippen molar-refractivity contribution in [1.82, 2.24) is 10.2 Å². The van der Waals surface area contributed by atoms with E-state index >= 15 is 0 Å². The second-order valence-electron chi connectivity index (χ2n) is 6.71. The first-order chi connectivity index (χ1) is 13.4. The maximum absolute atomic E-state index is 13.0. The fourth-order valence-corrected chi connectivity index (χ4v) is 3.21. The largest absolute Gasteiger partial charge is 0.354 e. The zero-order valence-electron chi connectivity index (χ0n) is 16.3. The van der Waals surface area contributed by atoms with Crippen LogP contribution in [0.2, 0.25) is 10.0 Å². The van der Waals surface area contributed by atoms with Gasteiger partial charge in [-0.25, -0.2) is 0 Å². The van der Waals surface area contributed by atoms with Gasteiger partial charge in [0, 0.05) is 13.1 Å². The van der Waals surface area contributed by atoms with Crippen molar-refractivity contribution in [3.63, 3.8) is 0 Å². The third-order valence-corrected chi connectivity index (χ3v) is 5.28. The molecule has 0 aromatic heterocycles. The Kier molecular flexibility index (Phi) is 8.81. The molecule has 2 amide bonds. The van der Waals surface area contributed by atoms with Gasteiger partial charge in [-0.15, -0.1) is 0 Å². The smallest absolute Gasteiger partial charge is 0.242 e. The van der Waals surface area contributed by atoms with E-state index < -0.39 is 6.04 Å². The van der Waals surface area contributed by atoms with Gasteiger partial charge in [0.1, 0.15) is 6.04 Å². The van der Waals surface area contributed by atoms with E-state index in [1.54, 1.807) is 30.0 Å².